The van der Waals surface area contributed by atoms with Crippen LogP contribution in [0.3, 0.4) is 0 Å². The van der Waals surface area contributed by atoms with Crippen molar-refractivity contribution in [3.63, 3.8) is 0 Å². The van der Waals surface area contributed by atoms with Gasteiger partial charge in [0.25, 0.3) is 0 Å². The Bertz CT molecular complexity index is 443. The molecule has 0 amide bonds. The lowest BCUT2D eigenvalue weighted by molar-refractivity contribution is -0.143. The van der Waals surface area contributed by atoms with Crippen molar-refractivity contribution in [1.29, 1.82) is 0 Å². The van der Waals surface area contributed by atoms with Gasteiger partial charge in [-0.25, -0.2) is 0 Å². The molecule has 0 fully saturated rings. The van der Waals surface area contributed by atoms with Crippen LogP contribution >= 0.6 is 0 Å². The Labute approximate surface area is 98.6 Å². The lowest BCUT2D eigenvalue weighted by atomic mass is 9.88. The molecule has 1 unspecified atom stereocenters. The largest absolute Gasteiger partial charge is 0.481 e. The van der Waals surface area contributed by atoms with Gasteiger partial charge in [-0.3, -0.25) is 4.79 Å². The fourth-order valence-corrected chi connectivity index (χ4v) is 1.87. The highest BCUT2D eigenvalue weighted by Crippen LogP contribution is 2.38. The number of hydrogen-bond acceptors (Lipinski definition) is 4. The minimum absolute atomic E-state index is 0.155. The minimum atomic E-state index is -1.37. The van der Waals surface area contributed by atoms with Crippen molar-refractivity contribution in [2.45, 2.75) is 25.4 Å². The number of hydrogen-bond donors (Lipinski definition) is 2. The first-order chi connectivity index (χ1) is 8.05. The maximum atomic E-state index is 10.8. The van der Waals surface area contributed by atoms with Crippen LogP contribution in [0.15, 0.2) is 18.2 Å². The maximum absolute atomic E-state index is 10.8. The Balaban J connectivity index is 2.34. The summed E-state index contributed by atoms with van der Waals surface area (Å²) in [5, 5.41) is 19.1. The van der Waals surface area contributed by atoms with Crippen LogP contribution in [0.4, 0.5) is 0 Å². The Morgan fingerprint density at radius 2 is 2.12 bits per heavy atom. The number of carboxylic acid groups (broad SMARTS) is 1. The molecule has 0 aliphatic carbocycles. The zero-order valence-electron chi connectivity index (χ0n) is 9.47. The molecular formula is C12H14O5. The topological polar surface area (TPSA) is 76.0 Å². The molecule has 1 atom stereocenters. The minimum Gasteiger partial charge on any atom is -0.481 e. The average Bonchev–Trinajstić information content (AvgIpc) is 2.74. The number of carboxylic acids is 1. The quantitative estimate of drug-likeness (QED) is 0.831. The molecule has 2 N–H and O–H groups in total. The van der Waals surface area contributed by atoms with Crippen LogP contribution in [0.1, 0.15) is 25.3 Å². The molecule has 1 aliphatic heterocycles. The standard InChI is InChI=1S/C12H14O5/c1-2-12(15,6-11(13)14)8-3-4-9-10(5-8)17-7-16-9/h3-5,15H,2,6-7H2,1H3,(H,13,14). The van der Waals surface area contributed by atoms with Gasteiger partial charge in [0.1, 0.15) is 0 Å². The number of ether oxygens (including phenoxy) is 2. The monoisotopic (exact) mass is 238 g/mol. The summed E-state index contributed by atoms with van der Waals surface area (Å²) >= 11 is 0. The molecular weight excluding hydrogens is 224 g/mol. The van der Waals surface area contributed by atoms with Crippen molar-refractivity contribution in [1.82, 2.24) is 0 Å². The van der Waals surface area contributed by atoms with Crippen LogP contribution in [-0.4, -0.2) is 23.0 Å². The molecule has 0 saturated carbocycles. The van der Waals surface area contributed by atoms with Gasteiger partial charge in [-0.1, -0.05) is 13.0 Å². The summed E-state index contributed by atoms with van der Waals surface area (Å²) in [5.74, 6) is 0.120. The van der Waals surface area contributed by atoms with E-state index in [0.29, 0.717) is 23.5 Å². The predicted octanol–water partition coefficient (Wildman–Crippen LogP) is 1.49. The summed E-state index contributed by atoms with van der Waals surface area (Å²) in [7, 11) is 0. The van der Waals surface area contributed by atoms with Gasteiger partial charge < -0.3 is 19.7 Å². The van der Waals surface area contributed by atoms with Gasteiger partial charge in [-0.05, 0) is 24.1 Å². The average molecular weight is 238 g/mol. The first kappa shape index (κ1) is 11.7. The molecule has 0 saturated heterocycles. The van der Waals surface area contributed by atoms with E-state index in [4.69, 9.17) is 14.6 Å². The van der Waals surface area contributed by atoms with E-state index < -0.39 is 11.6 Å². The molecule has 2 rings (SSSR count). The van der Waals surface area contributed by atoms with E-state index in [1.54, 1.807) is 25.1 Å². The van der Waals surface area contributed by atoms with Gasteiger partial charge in [0.05, 0.1) is 12.0 Å². The van der Waals surface area contributed by atoms with Gasteiger partial charge in [-0.15, -0.1) is 0 Å². The van der Waals surface area contributed by atoms with Crippen molar-refractivity contribution >= 4 is 5.97 Å². The number of aliphatic hydroxyl groups is 1. The second-order valence-electron chi connectivity index (χ2n) is 4.02. The third kappa shape index (κ3) is 2.19. The molecule has 92 valence electrons. The summed E-state index contributed by atoms with van der Waals surface area (Å²) in [4.78, 5) is 10.8. The third-order valence-electron chi connectivity index (χ3n) is 2.94. The van der Waals surface area contributed by atoms with Crippen LogP contribution in [-0.2, 0) is 10.4 Å². The lowest BCUT2D eigenvalue weighted by Crippen LogP contribution is -2.28. The van der Waals surface area contributed by atoms with Crippen molar-refractivity contribution in [2.75, 3.05) is 6.79 Å². The number of benzene rings is 1. The highest BCUT2D eigenvalue weighted by atomic mass is 16.7. The van der Waals surface area contributed by atoms with Crippen molar-refractivity contribution in [2.24, 2.45) is 0 Å². The van der Waals surface area contributed by atoms with Gasteiger partial charge in [0, 0.05) is 0 Å². The summed E-state index contributed by atoms with van der Waals surface area (Å²) < 4.78 is 10.4. The number of rotatable bonds is 4. The molecule has 1 aromatic rings. The van der Waals surface area contributed by atoms with E-state index in [-0.39, 0.29) is 13.2 Å². The van der Waals surface area contributed by atoms with E-state index in [0.717, 1.165) is 0 Å². The van der Waals surface area contributed by atoms with Crippen LogP contribution in [0, 0.1) is 0 Å². The Kier molecular flexibility index (Phi) is 2.93. The molecule has 5 nitrogen and oxygen atoms in total. The molecule has 0 aromatic heterocycles. The Morgan fingerprint density at radius 3 is 2.76 bits per heavy atom. The van der Waals surface area contributed by atoms with Gasteiger partial charge >= 0.3 is 5.97 Å². The first-order valence-electron chi connectivity index (χ1n) is 5.39. The van der Waals surface area contributed by atoms with Gasteiger partial charge in [0.2, 0.25) is 6.79 Å². The molecule has 0 spiro atoms. The number of fused-ring (bicyclic) bond motifs is 1. The normalized spacial score (nSPS) is 16.6. The SMILES string of the molecule is CCC(O)(CC(=O)O)c1ccc2c(c1)OCO2. The fourth-order valence-electron chi connectivity index (χ4n) is 1.87. The highest BCUT2D eigenvalue weighted by molar-refractivity contribution is 5.68. The van der Waals surface area contributed by atoms with Gasteiger partial charge in [0.15, 0.2) is 11.5 Å². The van der Waals surface area contributed by atoms with Crippen LogP contribution < -0.4 is 9.47 Å². The van der Waals surface area contributed by atoms with Crippen LogP contribution in [0.25, 0.3) is 0 Å². The van der Waals surface area contributed by atoms with Gasteiger partial charge in [-0.2, -0.15) is 0 Å². The molecule has 1 aromatic carbocycles. The van der Waals surface area contributed by atoms with E-state index in [2.05, 4.69) is 0 Å². The second-order valence-corrected chi connectivity index (χ2v) is 4.02. The zero-order chi connectivity index (χ0) is 12.5. The Morgan fingerprint density at radius 1 is 1.41 bits per heavy atom. The molecule has 0 radical (unpaired) electrons. The molecule has 0 bridgehead atoms. The second kappa shape index (κ2) is 4.25. The van der Waals surface area contributed by atoms with Crippen molar-refractivity contribution in [3.8, 4) is 11.5 Å². The summed E-state index contributed by atoms with van der Waals surface area (Å²) in [6.45, 7) is 1.90. The van der Waals surface area contributed by atoms with E-state index in [9.17, 15) is 9.90 Å². The summed E-state index contributed by atoms with van der Waals surface area (Å²) in [6, 6.07) is 4.98. The van der Waals surface area contributed by atoms with Crippen molar-refractivity contribution < 1.29 is 24.5 Å². The highest BCUT2D eigenvalue weighted by Gasteiger charge is 2.31. The number of carbonyl (C=O) groups is 1. The molecule has 1 aliphatic rings. The molecule has 1 heterocycles. The van der Waals surface area contributed by atoms with E-state index in [1.807, 2.05) is 0 Å². The van der Waals surface area contributed by atoms with Crippen LogP contribution in [0.5, 0.6) is 11.5 Å². The third-order valence-corrected chi connectivity index (χ3v) is 2.94. The maximum Gasteiger partial charge on any atom is 0.306 e. The predicted molar refractivity (Wildman–Crippen MR) is 59.0 cm³/mol. The Hall–Kier alpha value is -1.75. The van der Waals surface area contributed by atoms with Crippen molar-refractivity contribution in [3.05, 3.63) is 23.8 Å². The first-order valence-corrected chi connectivity index (χ1v) is 5.39. The smallest absolute Gasteiger partial charge is 0.306 e. The molecule has 17 heavy (non-hydrogen) atoms. The van der Waals surface area contributed by atoms with E-state index >= 15 is 0 Å². The fraction of sp³-hybridized carbons (Fsp3) is 0.417. The number of aliphatic carboxylic acids is 1. The van der Waals surface area contributed by atoms with E-state index in [1.165, 1.54) is 0 Å². The lowest BCUT2D eigenvalue weighted by Gasteiger charge is -2.25. The molecule has 5 heteroatoms. The zero-order valence-corrected chi connectivity index (χ0v) is 9.47. The summed E-state index contributed by atoms with van der Waals surface area (Å²) in [6.07, 6.45) is -0.0118. The van der Waals surface area contributed by atoms with Crippen LogP contribution in [0.2, 0.25) is 0 Å². The summed E-state index contributed by atoms with van der Waals surface area (Å²) in [5.41, 5.74) is -0.834.